The van der Waals surface area contributed by atoms with Crippen molar-refractivity contribution in [3.05, 3.63) is 29.3 Å². The fourth-order valence-electron chi connectivity index (χ4n) is 1.62. The molecule has 2 unspecified atom stereocenters. The topological polar surface area (TPSA) is 76.1 Å². The first kappa shape index (κ1) is 14.7. The zero-order valence-electron chi connectivity index (χ0n) is 10.7. The van der Waals surface area contributed by atoms with Crippen molar-refractivity contribution in [2.45, 2.75) is 24.3 Å². The molecule has 4 nitrogen and oxygen atoms in total. The second kappa shape index (κ2) is 7.14. The Kier molecular flexibility index (Phi) is 5.83. The van der Waals surface area contributed by atoms with Gasteiger partial charge in [0, 0.05) is 21.6 Å². The van der Waals surface area contributed by atoms with Gasteiger partial charge in [0.25, 0.3) is 0 Å². The molecule has 0 spiro atoms. The van der Waals surface area contributed by atoms with Gasteiger partial charge in [-0.25, -0.2) is 0 Å². The highest BCUT2D eigenvalue weighted by Gasteiger charge is 2.14. The quantitative estimate of drug-likeness (QED) is 0.847. The number of nitriles is 1. The molecule has 0 saturated carbocycles. The van der Waals surface area contributed by atoms with E-state index in [0.717, 1.165) is 12.0 Å². The van der Waals surface area contributed by atoms with Crippen molar-refractivity contribution in [2.75, 3.05) is 13.7 Å². The molecular weight excluding hydrogens is 248 g/mol. The van der Waals surface area contributed by atoms with Crippen LogP contribution in [0.4, 0.5) is 0 Å². The van der Waals surface area contributed by atoms with E-state index in [9.17, 15) is 4.21 Å². The molecule has 18 heavy (non-hydrogen) atoms. The van der Waals surface area contributed by atoms with E-state index in [4.69, 9.17) is 15.7 Å². The molecule has 2 atom stereocenters. The predicted molar refractivity (Wildman–Crippen MR) is 72.7 cm³/mol. The largest absolute Gasteiger partial charge is 0.496 e. The number of hydrogen-bond donors (Lipinski definition) is 1. The zero-order chi connectivity index (χ0) is 13.5. The van der Waals surface area contributed by atoms with E-state index in [1.54, 1.807) is 25.3 Å². The molecule has 0 aromatic heterocycles. The zero-order valence-corrected chi connectivity index (χ0v) is 11.5. The average Bonchev–Trinajstić information content (AvgIpc) is 2.38. The van der Waals surface area contributed by atoms with E-state index < -0.39 is 10.8 Å². The number of nitrogens with zero attached hydrogens (tertiary/aromatic N) is 1. The monoisotopic (exact) mass is 266 g/mol. The normalized spacial score (nSPS) is 13.7. The Labute approximate surface area is 110 Å². The Balaban J connectivity index is 2.89. The Morgan fingerprint density at radius 3 is 2.83 bits per heavy atom. The minimum absolute atomic E-state index is 0.0467. The third-order valence-electron chi connectivity index (χ3n) is 2.73. The van der Waals surface area contributed by atoms with Crippen LogP contribution in [0.2, 0.25) is 0 Å². The van der Waals surface area contributed by atoms with Gasteiger partial charge in [-0.1, -0.05) is 6.92 Å². The Bertz CT molecular complexity index is 469. The molecule has 5 heteroatoms. The minimum Gasteiger partial charge on any atom is -0.496 e. The van der Waals surface area contributed by atoms with Crippen molar-refractivity contribution in [3.8, 4) is 11.8 Å². The minimum atomic E-state index is -1.01. The van der Waals surface area contributed by atoms with E-state index >= 15 is 0 Å². The third kappa shape index (κ3) is 3.83. The van der Waals surface area contributed by atoms with Gasteiger partial charge in [0.2, 0.25) is 0 Å². The van der Waals surface area contributed by atoms with Crippen molar-refractivity contribution >= 4 is 10.8 Å². The summed E-state index contributed by atoms with van der Waals surface area (Å²) >= 11 is 0. The van der Waals surface area contributed by atoms with Crippen molar-refractivity contribution in [1.29, 1.82) is 5.26 Å². The number of benzene rings is 1. The summed E-state index contributed by atoms with van der Waals surface area (Å²) in [5.74, 6) is 1.06. The maximum atomic E-state index is 12.1. The van der Waals surface area contributed by atoms with Crippen LogP contribution in [0.1, 0.15) is 24.5 Å². The molecule has 0 fully saturated rings. The molecule has 1 rings (SSSR count). The summed E-state index contributed by atoms with van der Waals surface area (Å²) in [7, 11) is 0.559. The van der Waals surface area contributed by atoms with Crippen LogP contribution in [0, 0.1) is 11.3 Å². The maximum absolute atomic E-state index is 12.1. The van der Waals surface area contributed by atoms with Gasteiger partial charge in [-0.3, -0.25) is 4.21 Å². The lowest BCUT2D eigenvalue weighted by Crippen LogP contribution is -2.17. The molecule has 2 N–H and O–H groups in total. The summed E-state index contributed by atoms with van der Waals surface area (Å²) < 4.78 is 17.3. The van der Waals surface area contributed by atoms with Crippen molar-refractivity contribution < 1.29 is 8.95 Å². The van der Waals surface area contributed by atoms with Gasteiger partial charge in [0.1, 0.15) is 5.75 Å². The van der Waals surface area contributed by atoms with Gasteiger partial charge in [-0.15, -0.1) is 0 Å². The third-order valence-corrected chi connectivity index (χ3v) is 4.46. The van der Waals surface area contributed by atoms with Crippen LogP contribution in [0.3, 0.4) is 0 Å². The van der Waals surface area contributed by atoms with Crippen molar-refractivity contribution in [3.63, 3.8) is 0 Å². The molecule has 1 aromatic carbocycles. The Morgan fingerprint density at radius 2 is 2.28 bits per heavy atom. The summed E-state index contributed by atoms with van der Waals surface area (Å²) in [6.07, 6.45) is 0.729. The van der Waals surface area contributed by atoms with Gasteiger partial charge in [-0.05, 0) is 31.2 Å². The lowest BCUT2D eigenvalue weighted by atomic mass is 10.1. The molecule has 0 heterocycles. The smallest absolute Gasteiger partial charge is 0.123 e. The van der Waals surface area contributed by atoms with E-state index in [2.05, 4.69) is 6.07 Å². The van der Waals surface area contributed by atoms with Crippen LogP contribution >= 0.6 is 0 Å². The molecule has 0 radical (unpaired) electrons. The van der Waals surface area contributed by atoms with Gasteiger partial charge in [-0.2, -0.15) is 5.26 Å². The predicted octanol–water partition coefficient (Wildman–Crippen LogP) is 1.55. The molecule has 0 amide bonds. The lowest BCUT2D eigenvalue weighted by Gasteiger charge is -2.12. The lowest BCUT2D eigenvalue weighted by molar-refractivity contribution is 0.411. The van der Waals surface area contributed by atoms with Gasteiger partial charge in [0.05, 0.1) is 24.5 Å². The fourth-order valence-corrected chi connectivity index (χ4v) is 2.84. The van der Waals surface area contributed by atoms with Crippen LogP contribution < -0.4 is 10.5 Å². The highest BCUT2D eigenvalue weighted by atomic mass is 32.2. The maximum Gasteiger partial charge on any atom is 0.123 e. The first-order valence-electron chi connectivity index (χ1n) is 5.76. The molecule has 0 aliphatic rings. The number of methoxy groups -OCH3 is 1. The van der Waals surface area contributed by atoms with Crippen LogP contribution in [0.5, 0.6) is 5.75 Å². The standard InChI is InChI=1S/C13H18N2O2S/c1-10(5-6-14)18(16)9-12-7-11(8-15)3-4-13(12)17-2/h3-4,7,10H,5-6,9,14H2,1-2H3. The molecule has 0 aliphatic carbocycles. The van der Waals surface area contributed by atoms with Gasteiger partial charge in [0.15, 0.2) is 0 Å². The molecule has 1 aromatic rings. The van der Waals surface area contributed by atoms with Gasteiger partial charge < -0.3 is 10.5 Å². The summed E-state index contributed by atoms with van der Waals surface area (Å²) in [6, 6.07) is 7.22. The Hall–Kier alpha value is -1.38. The number of rotatable bonds is 6. The number of ether oxygens (including phenoxy) is 1. The summed E-state index contributed by atoms with van der Waals surface area (Å²) in [6.45, 7) is 2.45. The van der Waals surface area contributed by atoms with E-state index in [1.807, 2.05) is 6.92 Å². The summed E-state index contributed by atoms with van der Waals surface area (Å²) in [5, 5.41) is 8.92. The molecule has 0 bridgehead atoms. The van der Waals surface area contributed by atoms with Crippen molar-refractivity contribution in [2.24, 2.45) is 5.73 Å². The molecular formula is C13H18N2O2S. The molecule has 0 saturated heterocycles. The van der Waals surface area contributed by atoms with E-state index in [-0.39, 0.29) is 5.25 Å². The highest BCUT2D eigenvalue weighted by Crippen LogP contribution is 2.22. The van der Waals surface area contributed by atoms with Crippen molar-refractivity contribution in [1.82, 2.24) is 0 Å². The molecule has 98 valence electrons. The fraction of sp³-hybridized carbons (Fsp3) is 0.462. The average molecular weight is 266 g/mol. The van der Waals surface area contributed by atoms with Gasteiger partial charge >= 0.3 is 0 Å². The molecule has 0 aliphatic heterocycles. The SMILES string of the molecule is COc1ccc(C#N)cc1CS(=O)C(C)CCN. The first-order chi connectivity index (χ1) is 8.62. The van der Waals surface area contributed by atoms with E-state index in [0.29, 0.717) is 23.6 Å². The van der Waals surface area contributed by atoms with Crippen LogP contribution in [-0.4, -0.2) is 23.1 Å². The number of nitrogens with two attached hydrogens (primary N) is 1. The Morgan fingerprint density at radius 1 is 1.56 bits per heavy atom. The van der Waals surface area contributed by atoms with Crippen LogP contribution in [0.25, 0.3) is 0 Å². The summed E-state index contributed by atoms with van der Waals surface area (Å²) in [5.41, 5.74) is 6.81. The summed E-state index contributed by atoms with van der Waals surface area (Å²) in [4.78, 5) is 0. The van der Waals surface area contributed by atoms with E-state index in [1.165, 1.54) is 0 Å². The van der Waals surface area contributed by atoms with Crippen LogP contribution in [-0.2, 0) is 16.6 Å². The highest BCUT2D eigenvalue weighted by molar-refractivity contribution is 7.84. The number of hydrogen-bond acceptors (Lipinski definition) is 4. The van der Waals surface area contributed by atoms with Crippen LogP contribution in [0.15, 0.2) is 18.2 Å². The second-order valence-corrected chi connectivity index (χ2v) is 5.91. The first-order valence-corrected chi connectivity index (χ1v) is 7.14. The second-order valence-electron chi connectivity index (χ2n) is 4.05.